The average Bonchev–Trinajstić information content (AvgIpc) is 2.30. The van der Waals surface area contributed by atoms with Crippen molar-refractivity contribution in [3.05, 3.63) is 23.8 Å². The van der Waals surface area contributed by atoms with Crippen molar-refractivity contribution in [2.24, 2.45) is 0 Å². The maximum atomic E-state index is 11.7. The molecule has 0 radical (unpaired) electrons. The highest BCUT2D eigenvalue weighted by molar-refractivity contribution is 5.61. The topological polar surface area (TPSA) is 71.1 Å². The van der Waals surface area contributed by atoms with E-state index in [0.29, 0.717) is 23.5 Å². The lowest BCUT2D eigenvalue weighted by atomic mass is 10.2. The lowest BCUT2D eigenvalue weighted by molar-refractivity contribution is 0.0215. The van der Waals surface area contributed by atoms with Gasteiger partial charge >= 0.3 is 0 Å². The fourth-order valence-corrected chi connectivity index (χ4v) is 1.20. The first kappa shape index (κ1) is 13.2. The average molecular weight is 241 g/mol. The largest absolute Gasteiger partial charge is 0.398 e. The quantitative estimate of drug-likeness (QED) is 0.588. The van der Waals surface area contributed by atoms with E-state index in [-0.39, 0.29) is 6.61 Å². The molecular formula is C11H13F2N3O. The van der Waals surface area contributed by atoms with E-state index in [1.165, 1.54) is 0 Å². The van der Waals surface area contributed by atoms with Crippen molar-refractivity contribution in [1.82, 2.24) is 0 Å². The number of nitrogens with one attached hydrogen (secondary N) is 1. The summed E-state index contributed by atoms with van der Waals surface area (Å²) in [7, 11) is 0. The predicted octanol–water partition coefficient (Wildman–Crippen LogP) is 1.83. The van der Waals surface area contributed by atoms with Crippen LogP contribution in [-0.4, -0.2) is 26.2 Å². The molecule has 6 heteroatoms. The van der Waals surface area contributed by atoms with Crippen LogP contribution in [0.15, 0.2) is 18.2 Å². The van der Waals surface area contributed by atoms with Crippen LogP contribution >= 0.6 is 0 Å². The Morgan fingerprint density at radius 2 is 2.24 bits per heavy atom. The lowest BCUT2D eigenvalue weighted by Crippen LogP contribution is -2.13. The van der Waals surface area contributed by atoms with Gasteiger partial charge in [-0.1, -0.05) is 0 Å². The van der Waals surface area contributed by atoms with Crippen molar-refractivity contribution in [3.8, 4) is 6.07 Å². The normalized spacial score (nSPS) is 10.2. The van der Waals surface area contributed by atoms with E-state index in [9.17, 15) is 8.78 Å². The Morgan fingerprint density at radius 3 is 2.88 bits per heavy atom. The number of rotatable bonds is 6. The first-order chi connectivity index (χ1) is 8.13. The van der Waals surface area contributed by atoms with Crippen LogP contribution in [0, 0.1) is 11.3 Å². The van der Waals surface area contributed by atoms with Gasteiger partial charge in [0.15, 0.2) is 0 Å². The fourth-order valence-electron chi connectivity index (χ4n) is 1.20. The SMILES string of the molecule is N#Cc1cc(NCCOCC(F)F)ccc1N. The molecular weight excluding hydrogens is 228 g/mol. The highest BCUT2D eigenvalue weighted by Crippen LogP contribution is 2.16. The second-order valence-electron chi connectivity index (χ2n) is 3.31. The molecule has 4 nitrogen and oxygen atoms in total. The minimum absolute atomic E-state index is 0.177. The third kappa shape index (κ3) is 4.66. The Morgan fingerprint density at radius 1 is 1.47 bits per heavy atom. The van der Waals surface area contributed by atoms with Crippen LogP contribution in [-0.2, 0) is 4.74 Å². The van der Waals surface area contributed by atoms with Gasteiger partial charge in [0.2, 0.25) is 0 Å². The van der Waals surface area contributed by atoms with Crippen LogP contribution in [0.5, 0.6) is 0 Å². The van der Waals surface area contributed by atoms with Crippen LogP contribution in [0.4, 0.5) is 20.2 Å². The molecule has 1 rings (SSSR count). The zero-order valence-electron chi connectivity index (χ0n) is 9.12. The minimum atomic E-state index is -2.45. The number of anilines is 2. The Hall–Kier alpha value is -1.87. The monoisotopic (exact) mass is 241 g/mol. The number of nitrogens with two attached hydrogens (primary N) is 1. The van der Waals surface area contributed by atoms with Crippen LogP contribution < -0.4 is 11.1 Å². The van der Waals surface area contributed by atoms with Crippen molar-refractivity contribution in [2.45, 2.75) is 6.43 Å². The summed E-state index contributed by atoms with van der Waals surface area (Å²) >= 11 is 0. The zero-order valence-corrected chi connectivity index (χ0v) is 9.12. The van der Waals surface area contributed by atoms with Crippen molar-refractivity contribution >= 4 is 11.4 Å². The second-order valence-corrected chi connectivity index (χ2v) is 3.31. The molecule has 0 spiro atoms. The van der Waals surface area contributed by atoms with Gasteiger partial charge in [-0.05, 0) is 18.2 Å². The van der Waals surface area contributed by atoms with Crippen molar-refractivity contribution in [1.29, 1.82) is 5.26 Å². The summed E-state index contributed by atoms with van der Waals surface area (Å²) in [5, 5.41) is 11.7. The van der Waals surface area contributed by atoms with E-state index in [1.54, 1.807) is 18.2 Å². The second kappa shape index (κ2) is 6.66. The number of hydrogen-bond donors (Lipinski definition) is 2. The van der Waals surface area contributed by atoms with Gasteiger partial charge in [-0.15, -0.1) is 0 Å². The molecule has 1 aromatic rings. The number of alkyl halides is 2. The molecule has 1 aromatic carbocycles. The van der Waals surface area contributed by atoms with Crippen molar-refractivity contribution < 1.29 is 13.5 Å². The molecule has 0 unspecified atom stereocenters. The third-order valence-electron chi connectivity index (χ3n) is 1.99. The summed E-state index contributed by atoms with van der Waals surface area (Å²) in [6.07, 6.45) is -2.45. The Labute approximate surface area is 98.0 Å². The molecule has 0 saturated heterocycles. The number of ether oxygens (including phenoxy) is 1. The van der Waals surface area contributed by atoms with E-state index in [4.69, 9.17) is 15.7 Å². The van der Waals surface area contributed by atoms with Crippen LogP contribution in [0.3, 0.4) is 0 Å². The highest BCUT2D eigenvalue weighted by Gasteiger charge is 2.02. The lowest BCUT2D eigenvalue weighted by Gasteiger charge is -2.08. The predicted molar refractivity (Wildman–Crippen MR) is 60.9 cm³/mol. The molecule has 0 aliphatic heterocycles. The van der Waals surface area contributed by atoms with Gasteiger partial charge in [-0.25, -0.2) is 8.78 Å². The summed E-state index contributed by atoms with van der Waals surface area (Å²) in [4.78, 5) is 0. The van der Waals surface area contributed by atoms with Crippen molar-refractivity contribution in [3.63, 3.8) is 0 Å². The molecule has 17 heavy (non-hydrogen) atoms. The van der Waals surface area contributed by atoms with Gasteiger partial charge in [0.25, 0.3) is 6.43 Å². The molecule has 0 amide bonds. The number of benzene rings is 1. The molecule has 0 aliphatic carbocycles. The van der Waals surface area contributed by atoms with Crippen LogP contribution in [0.25, 0.3) is 0 Å². The summed E-state index contributed by atoms with van der Waals surface area (Å²) in [6.45, 7) is 0.00493. The van der Waals surface area contributed by atoms with E-state index in [0.717, 1.165) is 0 Å². The standard InChI is InChI=1S/C11H13F2N3O/c12-11(13)7-17-4-3-16-9-1-2-10(15)8(5-9)6-14/h1-2,5,11,16H,3-4,7,15H2. The number of halogens is 2. The van der Waals surface area contributed by atoms with Gasteiger partial charge in [0.1, 0.15) is 12.7 Å². The first-order valence-corrected chi connectivity index (χ1v) is 5.03. The molecule has 0 fully saturated rings. The Kier molecular flexibility index (Phi) is 5.17. The summed E-state index contributed by atoms with van der Waals surface area (Å²) < 4.78 is 28.2. The molecule has 92 valence electrons. The Balaban J connectivity index is 2.35. The van der Waals surface area contributed by atoms with E-state index in [1.807, 2.05) is 6.07 Å². The molecule has 0 saturated carbocycles. The summed E-state index contributed by atoms with van der Waals surface area (Å²) in [5.41, 5.74) is 7.04. The molecule has 0 aromatic heterocycles. The molecule has 0 heterocycles. The van der Waals surface area contributed by atoms with Crippen molar-refractivity contribution in [2.75, 3.05) is 30.8 Å². The zero-order chi connectivity index (χ0) is 12.7. The summed E-state index contributed by atoms with van der Waals surface area (Å²) in [5.74, 6) is 0. The minimum Gasteiger partial charge on any atom is -0.398 e. The third-order valence-corrected chi connectivity index (χ3v) is 1.99. The molecule has 0 bridgehead atoms. The van der Waals surface area contributed by atoms with E-state index in [2.05, 4.69) is 5.32 Å². The maximum absolute atomic E-state index is 11.7. The van der Waals surface area contributed by atoms with Gasteiger partial charge < -0.3 is 15.8 Å². The Bertz CT molecular complexity index is 404. The molecule has 3 N–H and O–H groups in total. The van der Waals surface area contributed by atoms with Crippen LogP contribution in [0.1, 0.15) is 5.56 Å². The smallest absolute Gasteiger partial charge is 0.261 e. The highest BCUT2D eigenvalue weighted by atomic mass is 19.3. The van der Waals surface area contributed by atoms with Crippen LogP contribution in [0.2, 0.25) is 0 Å². The number of nitrogens with zero attached hydrogens (tertiary/aromatic N) is 1. The molecule has 0 atom stereocenters. The van der Waals surface area contributed by atoms with E-state index >= 15 is 0 Å². The number of hydrogen-bond acceptors (Lipinski definition) is 4. The number of nitrogen functional groups attached to an aromatic ring is 1. The fraction of sp³-hybridized carbons (Fsp3) is 0.364. The van der Waals surface area contributed by atoms with Gasteiger partial charge in [0, 0.05) is 17.9 Å². The maximum Gasteiger partial charge on any atom is 0.261 e. The van der Waals surface area contributed by atoms with Gasteiger partial charge in [-0.2, -0.15) is 5.26 Å². The summed E-state index contributed by atoms with van der Waals surface area (Å²) in [6, 6.07) is 6.88. The number of nitriles is 1. The molecule has 0 aliphatic rings. The first-order valence-electron chi connectivity index (χ1n) is 5.03. The van der Waals surface area contributed by atoms with Gasteiger partial charge in [-0.3, -0.25) is 0 Å². The van der Waals surface area contributed by atoms with Gasteiger partial charge in [0.05, 0.1) is 12.2 Å². The van der Waals surface area contributed by atoms with E-state index < -0.39 is 13.0 Å².